The number of ether oxygens (including phenoxy) is 1. The fraction of sp³-hybridized carbons (Fsp3) is 0.625. The third-order valence-corrected chi connectivity index (χ3v) is 5.07. The second-order valence-corrected chi connectivity index (χ2v) is 6.22. The van der Waals surface area contributed by atoms with Crippen molar-refractivity contribution >= 4 is 0 Å². The van der Waals surface area contributed by atoms with Crippen molar-refractivity contribution in [2.24, 2.45) is 11.7 Å². The first-order valence-electron chi connectivity index (χ1n) is 7.44. The van der Waals surface area contributed by atoms with Gasteiger partial charge in [-0.05, 0) is 37.0 Å². The number of hydrogen-bond donors (Lipinski definition) is 2. The Hall–Kier alpha value is -1.10. The molecule has 1 aromatic carbocycles. The number of fused-ring (bicyclic) bond motifs is 3. The minimum atomic E-state index is -0.626. The average molecular weight is 276 g/mol. The van der Waals surface area contributed by atoms with Gasteiger partial charge >= 0.3 is 0 Å². The standard InChI is InChI=1S/C16H24N2O2/c1-20-15-6-2-12(3-7-15)9-18-10-13-4-5-14(18)8-16(13,19)11-17/h2-3,6-7,13-14,19H,4-5,8-11,17H2,1H3. The highest BCUT2D eigenvalue weighted by atomic mass is 16.5. The van der Waals surface area contributed by atoms with E-state index in [0.29, 0.717) is 18.5 Å². The number of nitrogens with zero attached hydrogens (tertiary/aromatic N) is 1. The molecule has 1 saturated carbocycles. The van der Waals surface area contributed by atoms with Gasteiger partial charge in [0, 0.05) is 31.6 Å². The van der Waals surface area contributed by atoms with Crippen molar-refractivity contribution in [2.45, 2.75) is 37.5 Å². The number of nitrogens with two attached hydrogens (primary N) is 1. The number of methoxy groups -OCH3 is 1. The van der Waals surface area contributed by atoms with Crippen LogP contribution in [0, 0.1) is 5.92 Å². The molecule has 4 nitrogen and oxygen atoms in total. The zero-order chi connectivity index (χ0) is 14.2. The van der Waals surface area contributed by atoms with Crippen molar-refractivity contribution in [2.75, 3.05) is 20.2 Å². The predicted molar refractivity (Wildman–Crippen MR) is 78.5 cm³/mol. The van der Waals surface area contributed by atoms with Crippen LogP contribution in [0.5, 0.6) is 5.75 Å². The van der Waals surface area contributed by atoms with Crippen LogP contribution in [0.1, 0.15) is 24.8 Å². The Bertz CT molecular complexity index is 462. The summed E-state index contributed by atoms with van der Waals surface area (Å²) in [5.41, 5.74) is 6.45. The fourth-order valence-corrected chi connectivity index (χ4v) is 3.75. The van der Waals surface area contributed by atoms with Gasteiger partial charge in [0.15, 0.2) is 0 Å². The van der Waals surface area contributed by atoms with Gasteiger partial charge in [0.05, 0.1) is 12.7 Å². The van der Waals surface area contributed by atoms with E-state index in [0.717, 1.165) is 31.7 Å². The molecule has 4 rings (SSSR count). The van der Waals surface area contributed by atoms with Crippen molar-refractivity contribution in [1.82, 2.24) is 4.90 Å². The summed E-state index contributed by atoms with van der Waals surface area (Å²) in [6.07, 6.45) is 3.12. The quantitative estimate of drug-likeness (QED) is 0.872. The second kappa shape index (κ2) is 5.35. The minimum absolute atomic E-state index is 0.329. The number of hydrogen-bond acceptors (Lipinski definition) is 4. The molecule has 4 heteroatoms. The largest absolute Gasteiger partial charge is 0.497 e. The van der Waals surface area contributed by atoms with Gasteiger partial charge in [-0.2, -0.15) is 0 Å². The Balaban J connectivity index is 1.67. The van der Waals surface area contributed by atoms with Crippen molar-refractivity contribution < 1.29 is 9.84 Å². The first-order chi connectivity index (χ1) is 9.64. The van der Waals surface area contributed by atoms with Gasteiger partial charge in [-0.3, -0.25) is 4.90 Å². The number of benzene rings is 1. The summed E-state index contributed by atoms with van der Waals surface area (Å²) < 4.78 is 5.19. The summed E-state index contributed by atoms with van der Waals surface area (Å²) in [6.45, 7) is 2.31. The van der Waals surface area contributed by atoms with E-state index in [1.54, 1.807) is 7.11 Å². The smallest absolute Gasteiger partial charge is 0.118 e. The summed E-state index contributed by atoms with van der Waals surface area (Å²) in [5.74, 6) is 1.22. The Morgan fingerprint density at radius 3 is 2.65 bits per heavy atom. The first kappa shape index (κ1) is 13.9. The molecule has 1 aliphatic carbocycles. The minimum Gasteiger partial charge on any atom is -0.497 e. The van der Waals surface area contributed by atoms with Gasteiger partial charge in [0.2, 0.25) is 0 Å². The van der Waals surface area contributed by atoms with Gasteiger partial charge in [0.25, 0.3) is 0 Å². The van der Waals surface area contributed by atoms with E-state index in [9.17, 15) is 5.11 Å². The lowest BCUT2D eigenvalue weighted by Gasteiger charge is -2.53. The Morgan fingerprint density at radius 2 is 2.10 bits per heavy atom. The molecule has 110 valence electrons. The van der Waals surface area contributed by atoms with E-state index in [2.05, 4.69) is 17.0 Å². The third kappa shape index (κ3) is 2.43. The molecule has 3 N–H and O–H groups in total. The Morgan fingerprint density at radius 1 is 1.35 bits per heavy atom. The lowest BCUT2D eigenvalue weighted by molar-refractivity contribution is -0.123. The lowest BCUT2D eigenvalue weighted by Crippen LogP contribution is -2.62. The number of piperidine rings is 2. The number of rotatable bonds is 4. The molecule has 2 heterocycles. The van der Waals surface area contributed by atoms with Crippen LogP contribution >= 0.6 is 0 Å². The maximum absolute atomic E-state index is 10.6. The molecule has 3 atom stereocenters. The molecule has 2 aliphatic heterocycles. The summed E-state index contributed by atoms with van der Waals surface area (Å²) in [5, 5.41) is 10.6. The monoisotopic (exact) mass is 276 g/mol. The summed E-state index contributed by atoms with van der Waals surface area (Å²) in [6, 6.07) is 8.73. The molecule has 3 fully saturated rings. The maximum atomic E-state index is 10.6. The highest BCUT2D eigenvalue weighted by molar-refractivity contribution is 5.27. The van der Waals surface area contributed by atoms with Crippen LogP contribution in [0.4, 0.5) is 0 Å². The highest BCUT2D eigenvalue weighted by Gasteiger charge is 2.48. The van der Waals surface area contributed by atoms with E-state index >= 15 is 0 Å². The van der Waals surface area contributed by atoms with Gasteiger partial charge in [0.1, 0.15) is 5.75 Å². The molecular formula is C16H24N2O2. The SMILES string of the molecule is COc1ccc(CN2CC3CCC2CC3(O)CN)cc1. The van der Waals surface area contributed by atoms with Crippen LogP contribution in [0.15, 0.2) is 24.3 Å². The van der Waals surface area contributed by atoms with Crippen LogP contribution in [0.25, 0.3) is 0 Å². The van der Waals surface area contributed by atoms with Crippen molar-refractivity contribution in [1.29, 1.82) is 0 Å². The molecule has 2 bridgehead atoms. The van der Waals surface area contributed by atoms with Crippen molar-refractivity contribution in [3.05, 3.63) is 29.8 Å². The molecule has 3 unspecified atom stereocenters. The first-order valence-corrected chi connectivity index (χ1v) is 7.44. The average Bonchev–Trinajstić information content (AvgIpc) is 2.49. The van der Waals surface area contributed by atoms with Crippen LogP contribution in [-0.4, -0.2) is 41.8 Å². The molecule has 1 aromatic rings. The van der Waals surface area contributed by atoms with Gasteiger partial charge in [-0.1, -0.05) is 12.1 Å². The summed E-state index contributed by atoms with van der Waals surface area (Å²) in [4.78, 5) is 2.50. The number of aliphatic hydroxyl groups is 1. The van der Waals surface area contributed by atoms with E-state index in [-0.39, 0.29) is 0 Å². The third-order valence-electron chi connectivity index (χ3n) is 5.07. The predicted octanol–water partition coefficient (Wildman–Crippen LogP) is 1.37. The van der Waals surface area contributed by atoms with Gasteiger partial charge < -0.3 is 15.6 Å². The Kier molecular flexibility index (Phi) is 3.71. The van der Waals surface area contributed by atoms with E-state index < -0.39 is 5.60 Å². The van der Waals surface area contributed by atoms with Crippen molar-refractivity contribution in [3.8, 4) is 5.75 Å². The van der Waals surface area contributed by atoms with Crippen LogP contribution < -0.4 is 10.5 Å². The Labute approximate surface area is 120 Å². The van der Waals surface area contributed by atoms with E-state index in [1.165, 1.54) is 12.0 Å². The summed E-state index contributed by atoms with van der Waals surface area (Å²) in [7, 11) is 1.69. The summed E-state index contributed by atoms with van der Waals surface area (Å²) >= 11 is 0. The topological polar surface area (TPSA) is 58.7 Å². The molecule has 0 radical (unpaired) electrons. The van der Waals surface area contributed by atoms with Crippen LogP contribution in [0.3, 0.4) is 0 Å². The van der Waals surface area contributed by atoms with Gasteiger partial charge in [-0.25, -0.2) is 0 Å². The van der Waals surface area contributed by atoms with E-state index in [1.807, 2.05) is 12.1 Å². The molecule has 0 amide bonds. The lowest BCUT2D eigenvalue weighted by atomic mass is 9.68. The van der Waals surface area contributed by atoms with Crippen LogP contribution in [-0.2, 0) is 6.54 Å². The normalized spacial score (nSPS) is 33.4. The zero-order valence-corrected chi connectivity index (χ0v) is 12.1. The van der Waals surface area contributed by atoms with Crippen LogP contribution in [0.2, 0.25) is 0 Å². The fourth-order valence-electron chi connectivity index (χ4n) is 3.75. The molecule has 3 aliphatic rings. The molecule has 2 saturated heterocycles. The van der Waals surface area contributed by atoms with E-state index in [4.69, 9.17) is 10.5 Å². The van der Waals surface area contributed by atoms with Gasteiger partial charge in [-0.15, -0.1) is 0 Å². The molecular weight excluding hydrogens is 252 g/mol. The maximum Gasteiger partial charge on any atom is 0.118 e. The molecule has 20 heavy (non-hydrogen) atoms. The van der Waals surface area contributed by atoms with Crippen molar-refractivity contribution in [3.63, 3.8) is 0 Å². The second-order valence-electron chi connectivity index (χ2n) is 6.22. The zero-order valence-electron chi connectivity index (χ0n) is 12.1. The highest BCUT2D eigenvalue weighted by Crippen LogP contribution is 2.42. The molecule has 0 aromatic heterocycles. The molecule has 0 spiro atoms.